The maximum absolute atomic E-state index is 12.5. The van der Waals surface area contributed by atoms with Gasteiger partial charge in [0.05, 0.1) is 10.6 Å². The zero-order valence-corrected chi connectivity index (χ0v) is 15.7. The molecule has 0 saturated carbocycles. The molecule has 7 heteroatoms. The van der Waals surface area contributed by atoms with Crippen LogP contribution >= 0.6 is 31.9 Å². The number of nitrogens with two attached hydrogens (primary N) is 1. The van der Waals surface area contributed by atoms with Crippen molar-refractivity contribution in [3.05, 3.63) is 63.5 Å². The summed E-state index contributed by atoms with van der Waals surface area (Å²) in [6.45, 7) is 0. The van der Waals surface area contributed by atoms with Crippen molar-refractivity contribution in [2.75, 3.05) is 10.5 Å². The molecule has 0 atom stereocenters. The molecule has 118 valence electrons. The van der Waals surface area contributed by atoms with E-state index in [0.29, 0.717) is 15.8 Å². The molecule has 0 amide bonds. The summed E-state index contributed by atoms with van der Waals surface area (Å²) >= 11 is 6.90. The first kappa shape index (κ1) is 16.3. The molecular formula is C16H12Br2N2O2S. The number of halogens is 2. The zero-order valence-electron chi connectivity index (χ0n) is 11.8. The van der Waals surface area contributed by atoms with Crippen LogP contribution in [-0.2, 0) is 10.0 Å². The van der Waals surface area contributed by atoms with Crippen LogP contribution in [0.15, 0.2) is 68.4 Å². The fourth-order valence-corrected chi connectivity index (χ4v) is 4.37. The van der Waals surface area contributed by atoms with E-state index in [-0.39, 0.29) is 4.90 Å². The van der Waals surface area contributed by atoms with Crippen molar-refractivity contribution in [2.45, 2.75) is 4.90 Å². The van der Waals surface area contributed by atoms with Crippen LogP contribution < -0.4 is 10.5 Å². The SMILES string of the molecule is Nc1ccc(S(=O)(=O)Nc2ccc3cc(Br)ccc3c2Br)cc1. The summed E-state index contributed by atoms with van der Waals surface area (Å²) in [6, 6.07) is 15.5. The molecule has 23 heavy (non-hydrogen) atoms. The average molecular weight is 456 g/mol. The number of sulfonamides is 1. The van der Waals surface area contributed by atoms with E-state index in [1.807, 2.05) is 24.3 Å². The molecule has 0 bridgehead atoms. The Hall–Kier alpha value is -1.57. The first-order chi connectivity index (χ1) is 10.9. The summed E-state index contributed by atoms with van der Waals surface area (Å²) in [6.07, 6.45) is 0. The molecule has 4 nitrogen and oxygen atoms in total. The Morgan fingerprint density at radius 3 is 2.30 bits per heavy atom. The van der Waals surface area contributed by atoms with Crippen LogP contribution in [0, 0.1) is 0 Å². The van der Waals surface area contributed by atoms with Crippen molar-refractivity contribution < 1.29 is 8.42 Å². The van der Waals surface area contributed by atoms with Crippen molar-refractivity contribution in [3.8, 4) is 0 Å². The van der Waals surface area contributed by atoms with Crippen molar-refractivity contribution in [2.24, 2.45) is 0 Å². The molecule has 0 heterocycles. The molecule has 0 aromatic heterocycles. The molecule has 0 aliphatic rings. The van der Waals surface area contributed by atoms with Crippen LogP contribution in [0.1, 0.15) is 0 Å². The van der Waals surface area contributed by atoms with Crippen LogP contribution in [0.3, 0.4) is 0 Å². The molecule has 0 fully saturated rings. The summed E-state index contributed by atoms with van der Waals surface area (Å²) in [4.78, 5) is 0.162. The van der Waals surface area contributed by atoms with E-state index in [9.17, 15) is 8.42 Å². The number of nitrogen functional groups attached to an aromatic ring is 1. The standard InChI is InChI=1S/C16H12Br2N2O2S/c17-11-2-7-14-10(9-11)1-8-15(16(14)18)20-23(21,22)13-5-3-12(19)4-6-13/h1-9,20H,19H2. The van der Waals surface area contributed by atoms with Gasteiger partial charge in [-0.2, -0.15) is 0 Å². The molecule has 3 aromatic carbocycles. The fraction of sp³-hybridized carbons (Fsp3) is 0. The number of hydrogen-bond acceptors (Lipinski definition) is 3. The maximum atomic E-state index is 12.5. The van der Waals surface area contributed by atoms with Gasteiger partial charge in [0.25, 0.3) is 10.0 Å². The lowest BCUT2D eigenvalue weighted by Crippen LogP contribution is -2.13. The summed E-state index contributed by atoms with van der Waals surface area (Å²) in [7, 11) is -3.67. The molecule has 3 aromatic rings. The molecular weight excluding hydrogens is 444 g/mol. The molecule has 0 aliphatic carbocycles. The van der Waals surface area contributed by atoms with Gasteiger partial charge < -0.3 is 5.73 Å². The quantitative estimate of drug-likeness (QED) is 0.559. The van der Waals surface area contributed by atoms with E-state index in [1.54, 1.807) is 18.2 Å². The van der Waals surface area contributed by atoms with Gasteiger partial charge >= 0.3 is 0 Å². The minimum Gasteiger partial charge on any atom is -0.399 e. The zero-order chi connectivity index (χ0) is 16.6. The molecule has 0 saturated heterocycles. The molecule has 0 aliphatic heterocycles. The van der Waals surface area contributed by atoms with Crippen molar-refractivity contribution in [1.82, 2.24) is 0 Å². The van der Waals surface area contributed by atoms with E-state index in [4.69, 9.17) is 5.73 Å². The highest BCUT2D eigenvalue weighted by molar-refractivity contribution is 9.11. The largest absolute Gasteiger partial charge is 0.399 e. The van der Waals surface area contributed by atoms with Gasteiger partial charge in [-0.05, 0) is 69.2 Å². The predicted molar refractivity (Wildman–Crippen MR) is 101 cm³/mol. The average Bonchev–Trinajstić information content (AvgIpc) is 2.50. The first-order valence-electron chi connectivity index (χ1n) is 6.63. The number of fused-ring (bicyclic) bond motifs is 1. The first-order valence-corrected chi connectivity index (χ1v) is 9.70. The summed E-state index contributed by atoms with van der Waals surface area (Å²) in [5, 5.41) is 1.92. The highest BCUT2D eigenvalue weighted by atomic mass is 79.9. The number of nitrogens with one attached hydrogen (secondary N) is 1. The maximum Gasteiger partial charge on any atom is 0.261 e. The molecule has 3 rings (SSSR count). The van der Waals surface area contributed by atoms with Gasteiger partial charge in [-0.25, -0.2) is 8.42 Å². The number of hydrogen-bond donors (Lipinski definition) is 2. The summed E-state index contributed by atoms with van der Waals surface area (Å²) in [5.41, 5.74) is 6.59. The fourth-order valence-electron chi connectivity index (χ4n) is 2.19. The lowest BCUT2D eigenvalue weighted by Gasteiger charge is -2.12. The van der Waals surface area contributed by atoms with Crippen LogP contribution in [0.25, 0.3) is 10.8 Å². The number of anilines is 2. The van der Waals surface area contributed by atoms with Gasteiger partial charge in [-0.1, -0.05) is 28.1 Å². The highest BCUT2D eigenvalue weighted by Crippen LogP contribution is 2.34. The van der Waals surface area contributed by atoms with Gasteiger partial charge in [0.1, 0.15) is 0 Å². The normalized spacial score (nSPS) is 11.6. The summed E-state index contributed by atoms with van der Waals surface area (Å²) < 4.78 is 29.2. The van der Waals surface area contributed by atoms with E-state index in [2.05, 4.69) is 36.6 Å². The summed E-state index contributed by atoms with van der Waals surface area (Å²) in [5.74, 6) is 0. The Bertz CT molecular complexity index is 987. The van der Waals surface area contributed by atoms with Gasteiger partial charge in [0.2, 0.25) is 0 Å². The number of rotatable bonds is 3. The van der Waals surface area contributed by atoms with Crippen molar-refractivity contribution in [1.29, 1.82) is 0 Å². The van der Waals surface area contributed by atoms with Gasteiger partial charge in [-0.15, -0.1) is 0 Å². The van der Waals surface area contributed by atoms with Gasteiger partial charge in [0.15, 0.2) is 0 Å². The Labute approximate surface area is 151 Å². The van der Waals surface area contributed by atoms with Gasteiger partial charge in [0, 0.05) is 14.6 Å². The van der Waals surface area contributed by atoms with E-state index in [0.717, 1.165) is 15.2 Å². The molecule has 0 spiro atoms. The Kier molecular flexibility index (Phi) is 4.35. The monoisotopic (exact) mass is 454 g/mol. The smallest absolute Gasteiger partial charge is 0.261 e. The Balaban J connectivity index is 2.02. The van der Waals surface area contributed by atoms with Crippen LogP contribution in [0.2, 0.25) is 0 Å². The highest BCUT2D eigenvalue weighted by Gasteiger charge is 2.16. The van der Waals surface area contributed by atoms with Crippen LogP contribution in [0.5, 0.6) is 0 Å². The topological polar surface area (TPSA) is 72.2 Å². The second-order valence-corrected chi connectivity index (χ2v) is 8.36. The van der Waals surface area contributed by atoms with E-state index < -0.39 is 10.0 Å². The molecule has 0 radical (unpaired) electrons. The van der Waals surface area contributed by atoms with Crippen molar-refractivity contribution in [3.63, 3.8) is 0 Å². The minimum atomic E-state index is -3.67. The van der Waals surface area contributed by atoms with Crippen molar-refractivity contribution >= 4 is 64.0 Å². The van der Waals surface area contributed by atoms with E-state index >= 15 is 0 Å². The third-order valence-corrected chi connectivity index (χ3v) is 6.08. The van der Waals surface area contributed by atoms with E-state index in [1.165, 1.54) is 12.1 Å². The lowest BCUT2D eigenvalue weighted by atomic mass is 10.1. The lowest BCUT2D eigenvalue weighted by molar-refractivity contribution is 0.601. The Morgan fingerprint density at radius 2 is 1.61 bits per heavy atom. The molecule has 3 N–H and O–H groups in total. The predicted octanol–water partition coefficient (Wildman–Crippen LogP) is 4.75. The number of benzene rings is 3. The second kappa shape index (κ2) is 6.14. The molecule has 0 unspecified atom stereocenters. The van der Waals surface area contributed by atoms with Gasteiger partial charge in [-0.3, -0.25) is 4.72 Å². The third kappa shape index (κ3) is 3.36. The second-order valence-electron chi connectivity index (χ2n) is 4.97. The third-order valence-electron chi connectivity index (χ3n) is 3.35. The van der Waals surface area contributed by atoms with Crippen LogP contribution in [-0.4, -0.2) is 8.42 Å². The minimum absolute atomic E-state index is 0.162. The van der Waals surface area contributed by atoms with Crippen LogP contribution in [0.4, 0.5) is 11.4 Å². The Morgan fingerprint density at radius 1 is 0.913 bits per heavy atom.